The standard InChI is InChI=1S/C16H21N9O8S2/c1-16(2,14(28)29)33-23-10(8-6-34-15(18)20-8)12(26)21-11-9(25(13(11)27)35(30,31)32)5-24-19-4-7(3-17)22-24/h4,6,9,11H,3,5,17H2,1-2H3,(H2,18,20)(H,21,26)(H,28,29)(H,30,31,32)/b23-10-/t9-,11?/m0/s1. The number of amides is 2. The molecule has 0 bridgehead atoms. The normalized spacial score (nSPS) is 18.8. The SMILES string of the molecule is CC(C)(O/N=C(\C(=O)NC1C(=O)N(S(=O)(=O)O)[C@H]1Cn1ncc(CN)n1)c1csc(N)n1)C(=O)O. The minimum atomic E-state index is -4.97. The van der Waals surface area contributed by atoms with Crippen LogP contribution in [0.15, 0.2) is 16.7 Å². The number of carbonyl (C=O) groups excluding carboxylic acids is 2. The summed E-state index contributed by atoms with van der Waals surface area (Å²) in [5, 5.41) is 24.4. The van der Waals surface area contributed by atoms with Crippen LogP contribution in [0, 0.1) is 0 Å². The quantitative estimate of drug-likeness (QED) is 0.0924. The first-order valence-electron chi connectivity index (χ1n) is 9.66. The van der Waals surface area contributed by atoms with Crippen molar-refractivity contribution in [3.05, 3.63) is 23.0 Å². The summed E-state index contributed by atoms with van der Waals surface area (Å²) in [6.07, 6.45) is 1.32. The van der Waals surface area contributed by atoms with Gasteiger partial charge in [-0.25, -0.2) is 14.1 Å². The zero-order valence-corrected chi connectivity index (χ0v) is 19.9. The smallest absolute Gasteiger partial charge is 0.362 e. The van der Waals surface area contributed by atoms with E-state index in [4.69, 9.17) is 16.3 Å². The Morgan fingerprint density at radius 1 is 1.40 bits per heavy atom. The van der Waals surface area contributed by atoms with Crippen LogP contribution >= 0.6 is 11.3 Å². The van der Waals surface area contributed by atoms with Crippen LogP contribution in [-0.2, 0) is 42.6 Å². The van der Waals surface area contributed by atoms with Gasteiger partial charge in [-0.3, -0.25) is 14.1 Å². The lowest BCUT2D eigenvalue weighted by atomic mass is 9.98. The van der Waals surface area contributed by atoms with E-state index < -0.39 is 51.5 Å². The van der Waals surface area contributed by atoms with Gasteiger partial charge >= 0.3 is 16.3 Å². The fourth-order valence-electron chi connectivity index (χ4n) is 2.83. The van der Waals surface area contributed by atoms with E-state index in [2.05, 4.69) is 25.7 Å². The van der Waals surface area contributed by atoms with Crippen LogP contribution in [0.4, 0.5) is 5.13 Å². The van der Waals surface area contributed by atoms with Crippen molar-refractivity contribution in [3.8, 4) is 0 Å². The molecule has 1 aliphatic heterocycles. The monoisotopic (exact) mass is 531 g/mol. The maximum absolute atomic E-state index is 13.0. The van der Waals surface area contributed by atoms with Crippen molar-refractivity contribution < 1.29 is 37.3 Å². The van der Waals surface area contributed by atoms with Gasteiger partial charge in [-0.1, -0.05) is 5.16 Å². The number of oxime groups is 1. The molecule has 1 fully saturated rings. The fourth-order valence-corrected chi connectivity index (χ4v) is 4.25. The fraction of sp³-hybridized carbons (Fsp3) is 0.438. The highest BCUT2D eigenvalue weighted by Gasteiger charge is 2.54. The Hall–Kier alpha value is -3.68. The van der Waals surface area contributed by atoms with Crippen LogP contribution in [0.3, 0.4) is 0 Å². The lowest BCUT2D eigenvalue weighted by Crippen LogP contribution is -2.73. The number of carboxylic acids is 1. The molecule has 2 amide bonds. The largest absolute Gasteiger partial charge is 0.478 e. The van der Waals surface area contributed by atoms with Crippen molar-refractivity contribution in [1.82, 2.24) is 29.6 Å². The molecule has 0 spiro atoms. The topological polar surface area (TPSA) is 258 Å². The van der Waals surface area contributed by atoms with E-state index in [0.717, 1.165) is 16.1 Å². The molecule has 0 aliphatic carbocycles. The predicted octanol–water partition coefficient (Wildman–Crippen LogP) is -2.44. The van der Waals surface area contributed by atoms with E-state index in [1.165, 1.54) is 25.4 Å². The van der Waals surface area contributed by atoms with E-state index in [0.29, 0.717) is 5.69 Å². The van der Waals surface area contributed by atoms with Crippen LogP contribution < -0.4 is 16.8 Å². The molecular formula is C16H21N9O8S2. The summed E-state index contributed by atoms with van der Waals surface area (Å²) in [6.45, 7) is 2.10. The highest BCUT2D eigenvalue weighted by Crippen LogP contribution is 2.25. The Balaban J connectivity index is 1.89. The molecule has 0 radical (unpaired) electrons. The number of nitrogens with one attached hydrogen (secondary N) is 1. The second kappa shape index (κ2) is 9.52. The molecule has 0 saturated carbocycles. The van der Waals surface area contributed by atoms with Gasteiger partial charge in [0.2, 0.25) is 5.60 Å². The maximum atomic E-state index is 13.0. The molecule has 2 aromatic heterocycles. The highest BCUT2D eigenvalue weighted by molar-refractivity contribution is 7.84. The van der Waals surface area contributed by atoms with Crippen molar-refractivity contribution in [2.75, 3.05) is 5.73 Å². The number of nitrogen functional groups attached to an aromatic ring is 1. The predicted molar refractivity (Wildman–Crippen MR) is 118 cm³/mol. The van der Waals surface area contributed by atoms with Crippen molar-refractivity contribution in [2.45, 2.75) is 44.6 Å². The molecule has 190 valence electrons. The summed E-state index contributed by atoms with van der Waals surface area (Å²) in [4.78, 5) is 46.8. The second-order valence-electron chi connectivity index (χ2n) is 7.64. The van der Waals surface area contributed by atoms with E-state index in [9.17, 15) is 32.5 Å². The van der Waals surface area contributed by atoms with Gasteiger partial charge in [-0.15, -0.1) is 11.3 Å². The van der Waals surface area contributed by atoms with Gasteiger partial charge < -0.3 is 26.7 Å². The molecular weight excluding hydrogens is 510 g/mol. The summed E-state index contributed by atoms with van der Waals surface area (Å²) < 4.78 is 33.0. The summed E-state index contributed by atoms with van der Waals surface area (Å²) >= 11 is 0.956. The molecule has 17 nitrogen and oxygen atoms in total. The third-order valence-corrected chi connectivity index (χ3v) is 6.33. The van der Waals surface area contributed by atoms with Crippen molar-refractivity contribution in [2.24, 2.45) is 10.9 Å². The van der Waals surface area contributed by atoms with Gasteiger partial charge in [-0.05, 0) is 13.8 Å². The number of anilines is 1. The number of carbonyl (C=O) groups is 3. The highest BCUT2D eigenvalue weighted by atomic mass is 32.2. The molecule has 1 aliphatic rings. The third-order valence-electron chi connectivity index (χ3n) is 4.71. The first-order valence-corrected chi connectivity index (χ1v) is 11.9. The third kappa shape index (κ3) is 5.53. The molecule has 19 heteroatoms. The summed E-state index contributed by atoms with van der Waals surface area (Å²) in [5.41, 5.74) is 9.02. The summed E-state index contributed by atoms with van der Waals surface area (Å²) in [6, 6.07) is -2.76. The Bertz CT molecular complexity index is 1290. The van der Waals surface area contributed by atoms with Gasteiger partial charge in [0.25, 0.3) is 11.8 Å². The molecule has 3 rings (SSSR count). The lowest BCUT2D eigenvalue weighted by Gasteiger charge is -2.43. The number of nitrogens with two attached hydrogens (primary N) is 2. The van der Waals surface area contributed by atoms with Gasteiger partial charge in [0.1, 0.15) is 17.8 Å². The van der Waals surface area contributed by atoms with Gasteiger partial charge in [-0.2, -0.15) is 23.4 Å². The van der Waals surface area contributed by atoms with Crippen LogP contribution in [-0.4, -0.2) is 83.5 Å². The Morgan fingerprint density at radius 2 is 2.09 bits per heavy atom. The number of carboxylic acid groups (broad SMARTS) is 1. The van der Waals surface area contributed by atoms with E-state index in [1.54, 1.807) is 0 Å². The Kier molecular flexibility index (Phi) is 7.06. The van der Waals surface area contributed by atoms with E-state index in [1.807, 2.05) is 0 Å². The van der Waals surface area contributed by atoms with E-state index in [-0.39, 0.29) is 28.2 Å². The number of hydrogen-bond acceptors (Lipinski definition) is 13. The molecule has 2 aromatic rings. The van der Waals surface area contributed by atoms with Crippen LogP contribution in [0.2, 0.25) is 0 Å². The van der Waals surface area contributed by atoms with Gasteiger partial charge in [0, 0.05) is 11.9 Å². The van der Waals surface area contributed by atoms with Crippen LogP contribution in [0.1, 0.15) is 25.2 Å². The average Bonchev–Trinajstić information content (AvgIpc) is 3.39. The molecule has 3 heterocycles. The molecule has 1 unspecified atom stereocenters. The van der Waals surface area contributed by atoms with Crippen LogP contribution in [0.5, 0.6) is 0 Å². The first-order chi connectivity index (χ1) is 16.2. The maximum Gasteiger partial charge on any atom is 0.362 e. The number of hydrogen-bond donors (Lipinski definition) is 5. The Morgan fingerprint density at radius 3 is 2.60 bits per heavy atom. The number of aromatic nitrogens is 4. The summed E-state index contributed by atoms with van der Waals surface area (Å²) in [5.74, 6) is -3.56. The number of rotatable bonds is 10. The molecule has 2 atom stereocenters. The van der Waals surface area contributed by atoms with Crippen LogP contribution in [0.25, 0.3) is 0 Å². The summed E-state index contributed by atoms with van der Waals surface area (Å²) in [7, 11) is -4.97. The average molecular weight is 532 g/mol. The molecule has 0 aromatic carbocycles. The second-order valence-corrected chi connectivity index (χ2v) is 9.82. The van der Waals surface area contributed by atoms with Gasteiger partial charge in [0.05, 0.1) is 18.4 Å². The zero-order valence-electron chi connectivity index (χ0n) is 18.2. The van der Waals surface area contributed by atoms with Crippen molar-refractivity contribution in [1.29, 1.82) is 0 Å². The zero-order chi connectivity index (χ0) is 26.1. The van der Waals surface area contributed by atoms with Crippen molar-refractivity contribution >= 4 is 50.3 Å². The minimum Gasteiger partial charge on any atom is -0.478 e. The van der Waals surface area contributed by atoms with Gasteiger partial charge in [0.15, 0.2) is 10.8 Å². The lowest BCUT2D eigenvalue weighted by molar-refractivity contribution is -0.161. The van der Waals surface area contributed by atoms with Crippen molar-refractivity contribution in [3.63, 3.8) is 0 Å². The molecule has 1 saturated heterocycles. The number of β-lactam (4-membered cyclic amide) rings is 1. The minimum absolute atomic E-state index is 0.0507. The number of nitrogens with zero attached hydrogens (tertiary/aromatic N) is 6. The molecule has 7 N–H and O–H groups in total. The number of aliphatic carboxylic acids is 1. The molecule has 35 heavy (non-hydrogen) atoms. The number of thiazole rings is 1. The van der Waals surface area contributed by atoms with E-state index >= 15 is 0 Å². The first kappa shape index (κ1) is 25.9. The Labute approximate surface area is 201 Å².